The maximum Gasteiger partial charge on any atom is 0.258 e. The first-order valence-electron chi connectivity index (χ1n) is 6.77. The number of amides is 1. The summed E-state index contributed by atoms with van der Waals surface area (Å²) in [6.45, 7) is 6.01. The predicted molar refractivity (Wildman–Crippen MR) is 75.6 cm³/mol. The van der Waals surface area contributed by atoms with E-state index in [-0.39, 0.29) is 5.91 Å². The number of likely N-dealkylation sites (tertiary alicyclic amines) is 1. The van der Waals surface area contributed by atoms with Gasteiger partial charge in [-0.2, -0.15) is 5.10 Å². The Kier molecular flexibility index (Phi) is 4.47. The van der Waals surface area contributed by atoms with Gasteiger partial charge in [-0.25, -0.2) is 0 Å². The van der Waals surface area contributed by atoms with Gasteiger partial charge in [0.25, 0.3) is 5.91 Å². The number of piperidine rings is 1. The molecule has 2 heterocycles. The molecular weight excluding hydrogens is 264 g/mol. The summed E-state index contributed by atoms with van der Waals surface area (Å²) in [6.07, 6.45) is 2.14. The van der Waals surface area contributed by atoms with Crippen molar-refractivity contribution < 1.29 is 4.79 Å². The number of rotatable bonds is 3. The average molecular weight is 285 g/mol. The van der Waals surface area contributed by atoms with Crippen LogP contribution in [-0.2, 0) is 6.54 Å². The highest BCUT2D eigenvalue weighted by Crippen LogP contribution is 2.23. The second-order valence-corrected chi connectivity index (χ2v) is 5.30. The van der Waals surface area contributed by atoms with Crippen molar-refractivity contribution in [1.29, 1.82) is 0 Å². The summed E-state index contributed by atoms with van der Waals surface area (Å²) in [5.74, 6) is 0.00199. The Bertz CT molecular complexity index is 471. The largest absolute Gasteiger partial charge is 0.337 e. The first kappa shape index (κ1) is 14.3. The number of halogens is 1. The summed E-state index contributed by atoms with van der Waals surface area (Å²) in [6, 6.07) is 0.373. The Morgan fingerprint density at radius 1 is 1.58 bits per heavy atom. The number of hydrogen-bond donors (Lipinski definition) is 1. The van der Waals surface area contributed by atoms with Gasteiger partial charge in [-0.05, 0) is 33.7 Å². The summed E-state index contributed by atoms with van der Waals surface area (Å²) in [7, 11) is 1.94. The Balaban J connectivity index is 2.22. The minimum absolute atomic E-state index is 0.00199. The fourth-order valence-corrected chi connectivity index (χ4v) is 2.94. The lowest BCUT2D eigenvalue weighted by Crippen LogP contribution is -2.47. The third-order valence-corrected chi connectivity index (χ3v) is 4.08. The zero-order chi connectivity index (χ0) is 14.0. The van der Waals surface area contributed by atoms with Crippen molar-refractivity contribution in [2.45, 2.75) is 39.3 Å². The summed E-state index contributed by atoms with van der Waals surface area (Å²) in [5, 5.41) is 8.00. The Labute approximate surface area is 118 Å². The number of nitrogens with zero attached hydrogens (tertiary/aromatic N) is 3. The standard InChI is InChI=1S/C13H21ClN4O/c1-4-18-12(14)11(9(2)16-18)13(19)17-7-5-6-10(8-17)15-3/h10,15H,4-8H2,1-3H3/t10-/m1/s1. The van der Waals surface area contributed by atoms with Gasteiger partial charge in [0.1, 0.15) is 5.15 Å². The minimum Gasteiger partial charge on any atom is -0.337 e. The van der Waals surface area contributed by atoms with Gasteiger partial charge in [0.15, 0.2) is 0 Å². The van der Waals surface area contributed by atoms with E-state index in [9.17, 15) is 4.79 Å². The van der Waals surface area contributed by atoms with Crippen LogP contribution in [0.5, 0.6) is 0 Å². The number of likely N-dealkylation sites (N-methyl/N-ethyl adjacent to an activating group) is 1. The topological polar surface area (TPSA) is 50.2 Å². The average Bonchev–Trinajstić information content (AvgIpc) is 2.72. The molecule has 1 N–H and O–H groups in total. The van der Waals surface area contributed by atoms with Crippen molar-refractivity contribution >= 4 is 17.5 Å². The normalized spacial score (nSPS) is 19.8. The van der Waals surface area contributed by atoms with Crippen LogP contribution in [0, 0.1) is 6.92 Å². The SMILES string of the molecule is CCn1nc(C)c(C(=O)N2CCC[C@@H](NC)C2)c1Cl. The molecule has 1 amide bonds. The van der Waals surface area contributed by atoms with Crippen molar-refractivity contribution in [2.24, 2.45) is 0 Å². The molecule has 6 heteroatoms. The molecule has 1 atom stereocenters. The molecule has 0 aliphatic carbocycles. The zero-order valence-corrected chi connectivity index (χ0v) is 12.5. The van der Waals surface area contributed by atoms with E-state index in [1.165, 1.54) is 0 Å². The van der Waals surface area contributed by atoms with Crippen molar-refractivity contribution in [1.82, 2.24) is 20.0 Å². The quantitative estimate of drug-likeness (QED) is 0.919. The van der Waals surface area contributed by atoms with Crippen LogP contribution in [0.25, 0.3) is 0 Å². The first-order valence-corrected chi connectivity index (χ1v) is 7.15. The van der Waals surface area contributed by atoms with E-state index in [0.29, 0.717) is 29.0 Å². The van der Waals surface area contributed by atoms with E-state index in [1.807, 2.05) is 25.8 Å². The van der Waals surface area contributed by atoms with Crippen LogP contribution < -0.4 is 5.32 Å². The molecule has 1 aromatic heterocycles. The summed E-state index contributed by atoms with van der Waals surface area (Å²) < 4.78 is 1.67. The smallest absolute Gasteiger partial charge is 0.258 e. The minimum atomic E-state index is 0.00199. The van der Waals surface area contributed by atoms with E-state index >= 15 is 0 Å². The molecule has 0 saturated carbocycles. The van der Waals surface area contributed by atoms with Crippen LogP contribution in [0.1, 0.15) is 35.8 Å². The lowest BCUT2D eigenvalue weighted by atomic mass is 10.0. The van der Waals surface area contributed by atoms with Crippen molar-refractivity contribution in [2.75, 3.05) is 20.1 Å². The van der Waals surface area contributed by atoms with Crippen molar-refractivity contribution in [3.05, 3.63) is 16.4 Å². The molecule has 0 unspecified atom stereocenters. The fraction of sp³-hybridized carbons (Fsp3) is 0.692. The molecule has 1 aromatic rings. The molecule has 0 bridgehead atoms. The number of carbonyl (C=O) groups is 1. The van der Waals surface area contributed by atoms with Gasteiger partial charge in [-0.15, -0.1) is 0 Å². The van der Waals surface area contributed by atoms with Gasteiger partial charge < -0.3 is 10.2 Å². The highest BCUT2D eigenvalue weighted by Gasteiger charge is 2.28. The zero-order valence-electron chi connectivity index (χ0n) is 11.7. The molecular formula is C13H21ClN4O. The third kappa shape index (κ3) is 2.77. The first-order chi connectivity index (χ1) is 9.08. The van der Waals surface area contributed by atoms with E-state index in [0.717, 1.165) is 25.9 Å². The second-order valence-electron chi connectivity index (χ2n) is 4.95. The molecule has 1 saturated heterocycles. The monoisotopic (exact) mass is 284 g/mol. The lowest BCUT2D eigenvalue weighted by molar-refractivity contribution is 0.0697. The molecule has 1 aliphatic rings. The molecule has 5 nitrogen and oxygen atoms in total. The third-order valence-electron chi connectivity index (χ3n) is 3.70. The molecule has 2 rings (SSSR count). The van der Waals surface area contributed by atoms with Crippen molar-refractivity contribution in [3.8, 4) is 0 Å². The second kappa shape index (κ2) is 5.92. The van der Waals surface area contributed by atoms with Gasteiger partial charge in [0.2, 0.25) is 0 Å². The maximum atomic E-state index is 12.6. The van der Waals surface area contributed by atoms with E-state index in [4.69, 9.17) is 11.6 Å². The Morgan fingerprint density at radius 3 is 2.89 bits per heavy atom. The van der Waals surface area contributed by atoms with Gasteiger partial charge >= 0.3 is 0 Å². The number of nitrogens with one attached hydrogen (secondary N) is 1. The van der Waals surface area contributed by atoms with E-state index < -0.39 is 0 Å². The van der Waals surface area contributed by atoms with E-state index in [1.54, 1.807) is 4.68 Å². The molecule has 1 aliphatic heterocycles. The molecule has 106 valence electrons. The highest BCUT2D eigenvalue weighted by atomic mass is 35.5. The molecule has 0 radical (unpaired) electrons. The predicted octanol–water partition coefficient (Wildman–Crippen LogP) is 1.69. The van der Waals surface area contributed by atoms with Gasteiger partial charge in [-0.3, -0.25) is 9.48 Å². The van der Waals surface area contributed by atoms with Crippen LogP contribution in [0.3, 0.4) is 0 Å². The number of aryl methyl sites for hydroxylation is 2. The number of carbonyl (C=O) groups excluding carboxylic acids is 1. The maximum absolute atomic E-state index is 12.6. The van der Waals surface area contributed by atoms with Crippen LogP contribution in [0.15, 0.2) is 0 Å². The number of hydrogen-bond acceptors (Lipinski definition) is 3. The fourth-order valence-electron chi connectivity index (χ4n) is 2.56. The highest BCUT2D eigenvalue weighted by molar-refractivity contribution is 6.33. The van der Waals surface area contributed by atoms with Gasteiger partial charge in [0.05, 0.1) is 11.3 Å². The van der Waals surface area contributed by atoms with Gasteiger partial charge in [-0.1, -0.05) is 11.6 Å². The van der Waals surface area contributed by atoms with Crippen LogP contribution in [0.4, 0.5) is 0 Å². The molecule has 1 fully saturated rings. The van der Waals surface area contributed by atoms with Gasteiger partial charge in [0, 0.05) is 25.7 Å². The molecule has 0 spiro atoms. The Hall–Kier alpha value is -1.07. The number of aromatic nitrogens is 2. The molecule has 19 heavy (non-hydrogen) atoms. The van der Waals surface area contributed by atoms with Crippen LogP contribution in [0.2, 0.25) is 5.15 Å². The molecule has 0 aromatic carbocycles. The summed E-state index contributed by atoms with van der Waals surface area (Å²) in [5.41, 5.74) is 1.27. The van der Waals surface area contributed by atoms with Crippen LogP contribution >= 0.6 is 11.6 Å². The lowest BCUT2D eigenvalue weighted by Gasteiger charge is -2.32. The van der Waals surface area contributed by atoms with Crippen LogP contribution in [-0.4, -0.2) is 46.8 Å². The van der Waals surface area contributed by atoms with E-state index in [2.05, 4.69) is 10.4 Å². The summed E-state index contributed by atoms with van der Waals surface area (Å²) in [4.78, 5) is 14.5. The van der Waals surface area contributed by atoms with Crippen molar-refractivity contribution in [3.63, 3.8) is 0 Å². The summed E-state index contributed by atoms with van der Waals surface area (Å²) >= 11 is 6.25. The Morgan fingerprint density at radius 2 is 2.32 bits per heavy atom.